The lowest BCUT2D eigenvalue weighted by molar-refractivity contribution is 0.0927. The van der Waals surface area contributed by atoms with E-state index in [0.717, 1.165) is 5.65 Å². The average Bonchev–Trinajstić information content (AvgIpc) is 2.59. The second-order valence-electron chi connectivity index (χ2n) is 2.83. The van der Waals surface area contributed by atoms with Gasteiger partial charge in [0.2, 0.25) is 0 Å². The molecule has 1 atom stereocenters. The van der Waals surface area contributed by atoms with Gasteiger partial charge in [-0.25, -0.2) is 4.98 Å². The molecule has 2 N–H and O–H groups in total. The molecule has 0 saturated carbocycles. The maximum absolute atomic E-state index is 9.30. The van der Waals surface area contributed by atoms with Gasteiger partial charge in [0, 0.05) is 12.4 Å². The molecule has 2 aromatic heterocycles. The van der Waals surface area contributed by atoms with Crippen LogP contribution in [0.25, 0.3) is 5.65 Å². The second kappa shape index (κ2) is 3.16. The maximum Gasteiger partial charge on any atom is 0.137 e. The molecule has 68 valence electrons. The summed E-state index contributed by atoms with van der Waals surface area (Å²) in [6.07, 6.45) is 2.66. The van der Waals surface area contributed by atoms with Crippen molar-refractivity contribution in [1.82, 2.24) is 9.38 Å². The van der Waals surface area contributed by atoms with Crippen LogP contribution in [0.15, 0.2) is 30.6 Å². The van der Waals surface area contributed by atoms with Crippen LogP contribution in [-0.2, 0) is 0 Å². The molecule has 0 amide bonds. The van der Waals surface area contributed by atoms with Gasteiger partial charge in [-0.3, -0.25) is 0 Å². The van der Waals surface area contributed by atoms with Gasteiger partial charge in [-0.2, -0.15) is 0 Å². The molecule has 2 heterocycles. The Balaban J connectivity index is 2.49. The standard InChI is InChI=1S/C9H10N2O2/c12-6-8(13)7-5-11-4-2-1-3-9(11)10-7/h1-5,8,12-13H,6H2. The van der Waals surface area contributed by atoms with Crippen molar-refractivity contribution in [2.45, 2.75) is 6.10 Å². The van der Waals surface area contributed by atoms with Crippen LogP contribution in [-0.4, -0.2) is 26.2 Å². The third-order valence-corrected chi connectivity index (χ3v) is 1.90. The molecule has 2 aromatic rings. The largest absolute Gasteiger partial charge is 0.393 e. The zero-order valence-electron chi connectivity index (χ0n) is 6.96. The number of fused-ring (bicyclic) bond motifs is 1. The van der Waals surface area contributed by atoms with E-state index in [1.165, 1.54) is 0 Å². The molecule has 0 aromatic carbocycles. The third-order valence-electron chi connectivity index (χ3n) is 1.90. The molecule has 0 radical (unpaired) electrons. The second-order valence-corrected chi connectivity index (χ2v) is 2.83. The van der Waals surface area contributed by atoms with Gasteiger partial charge in [0.15, 0.2) is 0 Å². The summed E-state index contributed by atoms with van der Waals surface area (Å²) in [4.78, 5) is 4.14. The number of nitrogens with zero attached hydrogens (tertiary/aromatic N) is 2. The molecule has 0 bridgehead atoms. The van der Waals surface area contributed by atoms with Crippen molar-refractivity contribution in [1.29, 1.82) is 0 Å². The Hall–Kier alpha value is -1.39. The minimum atomic E-state index is -0.889. The van der Waals surface area contributed by atoms with E-state index in [0.29, 0.717) is 5.69 Å². The summed E-state index contributed by atoms with van der Waals surface area (Å²) in [5.41, 5.74) is 1.26. The summed E-state index contributed by atoms with van der Waals surface area (Å²) in [7, 11) is 0. The molecule has 13 heavy (non-hydrogen) atoms. The molecule has 0 aliphatic heterocycles. The normalized spacial score (nSPS) is 13.4. The molecule has 0 aliphatic carbocycles. The van der Waals surface area contributed by atoms with E-state index in [2.05, 4.69) is 4.98 Å². The lowest BCUT2D eigenvalue weighted by Crippen LogP contribution is -2.02. The summed E-state index contributed by atoms with van der Waals surface area (Å²) < 4.78 is 1.80. The van der Waals surface area contributed by atoms with Crippen LogP contribution in [0.3, 0.4) is 0 Å². The van der Waals surface area contributed by atoms with Gasteiger partial charge in [0.05, 0.1) is 12.3 Å². The smallest absolute Gasteiger partial charge is 0.137 e. The van der Waals surface area contributed by atoms with Crippen LogP contribution in [0.1, 0.15) is 11.8 Å². The molecule has 1 unspecified atom stereocenters. The molecule has 0 saturated heterocycles. The molecule has 0 aliphatic rings. The first-order valence-corrected chi connectivity index (χ1v) is 4.04. The average molecular weight is 178 g/mol. The molecule has 4 nitrogen and oxygen atoms in total. The fourth-order valence-electron chi connectivity index (χ4n) is 1.21. The highest BCUT2D eigenvalue weighted by atomic mass is 16.3. The predicted octanol–water partition coefficient (Wildman–Crippen LogP) is 0.360. The van der Waals surface area contributed by atoms with Gasteiger partial charge in [-0.1, -0.05) is 6.07 Å². The number of aromatic nitrogens is 2. The van der Waals surface area contributed by atoms with Crippen molar-refractivity contribution in [2.24, 2.45) is 0 Å². The number of hydrogen-bond donors (Lipinski definition) is 2. The van der Waals surface area contributed by atoms with Crippen LogP contribution < -0.4 is 0 Å². The lowest BCUT2D eigenvalue weighted by Gasteiger charge is -1.99. The number of imidazole rings is 1. The SMILES string of the molecule is OCC(O)c1cn2ccccc2n1. The van der Waals surface area contributed by atoms with E-state index >= 15 is 0 Å². The van der Waals surface area contributed by atoms with Crippen molar-refractivity contribution in [3.8, 4) is 0 Å². The first-order chi connectivity index (χ1) is 6.31. The number of rotatable bonds is 2. The minimum absolute atomic E-state index is 0.302. The Labute approximate surface area is 75.1 Å². The zero-order chi connectivity index (χ0) is 9.26. The van der Waals surface area contributed by atoms with Crippen molar-refractivity contribution >= 4 is 5.65 Å². The Morgan fingerprint density at radius 3 is 3.00 bits per heavy atom. The van der Waals surface area contributed by atoms with Gasteiger partial charge in [0.1, 0.15) is 11.8 Å². The minimum Gasteiger partial charge on any atom is -0.393 e. The molecular formula is C9H10N2O2. The monoisotopic (exact) mass is 178 g/mol. The summed E-state index contributed by atoms with van der Waals surface area (Å²) in [6.45, 7) is -0.302. The highest BCUT2D eigenvalue weighted by molar-refractivity contribution is 5.39. The van der Waals surface area contributed by atoms with E-state index in [1.807, 2.05) is 24.4 Å². The van der Waals surface area contributed by atoms with Crippen molar-refractivity contribution in [3.05, 3.63) is 36.3 Å². The number of aliphatic hydroxyl groups excluding tert-OH is 2. The quantitative estimate of drug-likeness (QED) is 0.698. The van der Waals surface area contributed by atoms with Gasteiger partial charge >= 0.3 is 0 Å². The Bertz CT molecular complexity index is 378. The van der Waals surface area contributed by atoms with Gasteiger partial charge < -0.3 is 14.6 Å². The van der Waals surface area contributed by atoms with E-state index < -0.39 is 6.10 Å². The van der Waals surface area contributed by atoms with Gasteiger partial charge in [-0.15, -0.1) is 0 Å². The molecule has 4 heteroatoms. The number of aliphatic hydroxyl groups is 2. The molecule has 0 spiro atoms. The van der Waals surface area contributed by atoms with Crippen molar-refractivity contribution < 1.29 is 10.2 Å². The van der Waals surface area contributed by atoms with E-state index in [4.69, 9.17) is 5.11 Å². The highest BCUT2D eigenvalue weighted by Gasteiger charge is 2.09. The Kier molecular flexibility index (Phi) is 2.00. The van der Waals surface area contributed by atoms with Crippen LogP contribution in [0.2, 0.25) is 0 Å². The van der Waals surface area contributed by atoms with Gasteiger partial charge in [-0.05, 0) is 12.1 Å². The predicted molar refractivity (Wildman–Crippen MR) is 47.2 cm³/mol. The van der Waals surface area contributed by atoms with Crippen LogP contribution in [0.4, 0.5) is 0 Å². The fraction of sp³-hybridized carbons (Fsp3) is 0.222. The number of hydrogen-bond acceptors (Lipinski definition) is 3. The van der Waals surface area contributed by atoms with E-state index in [9.17, 15) is 5.11 Å². The van der Waals surface area contributed by atoms with Gasteiger partial charge in [0.25, 0.3) is 0 Å². The maximum atomic E-state index is 9.30. The molecule has 2 rings (SSSR count). The molecular weight excluding hydrogens is 168 g/mol. The molecule has 0 fully saturated rings. The first-order valence-electron chi connectivity index (χ1n) is 4.04. The Morgan fingerprint density at radius 2 is 2.31 bits per heavy atom. The summed E-state index contributed by atoms with van der Waals surface area (Å²) >= 11 is 0. The van der Waals surface area contributed by atoms with Crippen molar-refractivity contribution in [3.63, 3.8) is 0 Å². The highest BCUT2D eigenvalue weighted by Crippen LogP contribution is 2.11. The number of pyridine rings is 1. The van der Waals surface area contributed by atoms with E-state index in [1.54, 1.807) is 10.6 Å². The summed E-state index contributed by atoms with van der Waals surface area (Å²) in [6, 6.07) is 5.59. The van der Waals surface area contributed by atoms with Crippen molar-refractivity contribution in [2.75, 3.05) is 6.61 Å². The topological polar surface area (TPSA) is 57.8 Å². The summed E-state index contributed by atoms with van der Waals surface area (Å²) in [5.74, 6) is 0. The van der Waals surface area contributed by atoms with Crippen LogP contribution in [0, 0.1) is 0 Å². The zero-order valence-corrected chi connectivity index (χ0v) is 6.96. The van der Waals surface area contributed by atoms with E-state index in [-0.39, 0.29) is 6.61 Å². The van der Waals surface area contributed by atoms with Crippen LogP contribution >= 0.6 is 0 Å². The Morgan fingerprint density at radius 1 is 1.46 bits per heavy atom. The fourth-order valence-corrected chi connectivity index (χ4v) is 1.21. The summed E-state index contributed by atoms with van der Waals surface area (Å²) in [5, 5.41) is 18.0. The van der Waals surface area contributed by atoms with Crippen LogP contribution in [0.5, 0.6) is 0 Å². The third kappa shape index (κ3) is 1.41. The first kappa shape index (κ1) is 8.22. The lowest BCUT2D eigenvalue weighted by atomic mass is 10.3.